The number of hydrogen-bond donors (Lipinski definition) is 2. The van der Waals surface area contributed by atoms with Crippen LogP contribution in [0.15, 0.2) is 11.3 Å². The number of ether oxygens (including phenoxy) is 1. The number of likely N-dealkylation sites (N-methyl/N-ethyl adjacent to an activating group) is 1. The van der Waals surface area contributed by atoms with E-state index < -0.39 is 0 Å². The Labute approximate surface area is 83.8 Å². The van der Waals surface area contributed by atoms with Crippen molar-refractivity contribution in [3.63, 3.8) is 0 Å². The minimum atomic E-state index is 0.0580. The Bertz CT molecular complexity index is 264. The van der Waals surface area contributed by atoms with Crippen LogP contribution in [0.4, 0.5) is 0 Å². The molecule has 0 aromatic rings. The van der Waals surface area contributed by atoms with Crippen LogP contribution in [0, 0.1) is 5.41 Å². The zero-order valence-electron chi connectivity index (χ0n) is 8.64. The number of hydrogen-bond acceptors (Lipinski definition) is 4. The molecule has 78 valence electrons. The standard InChI is InChI=1S/C10H16N2O2/c1-12-8(6-14-2)10-7(11)4-3-5-9(10)13/h11-12H,3-6H2,1-2H3/b10-8+,11-7?. The summed E-state index contributed by atoms with van der Waals surface area (Å²) in [4.78, 5) is 11.6. The summed E-state index contributed by atoms with van der Waals surface area (Å²) in [5, 5.41) is 10.6. The second-order valence-corrected chi connectivity index (χ2v) is 3.29. The van der Waals surface area contributed by atoms with E-state index in [0.717, 1.165) is 12.1 Å². The molecule has 4 heteroatoms. The Kier molecular flexibility index (Phi) is 3.83. The molecule has 0 saturated heterocycles. The average Bonchev–Trinajstić information content (AvgIpc) is 2.16. The first-order valence-electron chi connectivity index (χ1n) is 4.71. The van der Waals surface area contributed by atoms with Crippen LogP contribution < -0.4 is 5.32 Å². The molecule has 0 aliphatic heterocycles. The predicted octanol–water partition coefficient (Wildman–Crippen LogP) is 0.879. The summed E-state index contributed by atoms with van der Waals surface area (Å²) in [5.74, 6) is 0.0580. The van der Waals surface area contributed by atoms with E-state index in [1.54, 1.807) is 14.2 Å². The lowest BCUT2D eigenvalue weighted by Crippen LogP contribution is -2.26. The first kappa shape index (κ1) is 10.9. The van der Waals surface area contributed by atoms with Crippen molar-refractivity contribution < 1.29 is 9.53 Å². The monoisotopic (exact) mass is 196 g/mol. The van der Waals surface area contributed by atoms with Gasteiger partial charge >= 0.3 is 0 Å². The summed E-state index contributed by atoms with van der Waals surface area (Å²) in [6.07, 6.45) is 2.04. The van der Waals surface area contributed by atoms with Gasteiger partial charge in [-0.15, -0.1) is 0 Å². The van der Waals surface area contributed by atoms with E-state index in [1.807, 2.05) is 0 Å². The fraction of sp³-hybridized carbons (Fsp3) is 0.600. The summed E-state index contributed by atoms with van der Waals surface area (Å²) in [6.45, 7) is 0.361. The third-order valence-corrected chi connectivity index (χ3v) is 2.30. The Morgan fingerprint density at radius 3 is 2.79 bits per heavy atom. The molecule has 4 nitrogen and oxygen atoms in total. The van der Waals surface area contributed by atoms with E-state index in [4.69, 9.17) is 10.1 Å². The number of rotatable bonds is 3. The van der Waals surface area contributed by atoms with Crippen LogP contribution in [-0.4, -0.2) is 32.3 Å². The maximum Gasteiger partial charge on any atom is 0.166 e. The lowest BCUT2D eigenvalue weighted by atomic mass is 9.90. The second-order valence-electron chi connectivity index (χ2n) is 3.29. The molecule has 0 atom stereocenters. The first-order valence-corrected chi connectivity index (χ1v) is 4.71. The smallest absolute Gasteiger partial charge is 0.166 e. The van der Waals surface area contributed by atoms with Crippen LogP contribution in [0.3, 0.4) is 0 Å². The van der Waals surface area contributed by atoms with E-state index >= 15 is 0 Å². The van der Waals surface area contributed by atoms with Gasteiger partial charge in [0.05, 0.1) is 12.2 Å². The highest BCUT2D eigenvalue weighted by molar-refractivity contribution is 6.23. The first-order chi connectivity index (χ1) is 6.70. The molecule has 2 N–H and O–H groups in total. The van der Waals surface area contributed by atoms with Crippen molar-refractivity contribution in [3.8, 4) is 0 Å². The molecule has 0 aromatic heterocycles. The Hall–Kier alpha value is -1.16. The van der Waals surface area contributed by atoms with Crippen LogP contribution in [0.2, 0.25) is 0 Å². The highest BCUT2D eigenvalue weighted by Gasteiger charge is 2.23. The number of allylic oxidation sites excluding steroid dienone is 1. The zero-order chi connectivity index (χ0) is 10.6. The minimum absolute atomic E-state index is 0.0580. The average molecular weight is 196 g/mol. The predicted molar refractivity (Wildman–Crippen MR) is 54.5 cm³/mol. The molecule has 0 radical (unpaired) electrons. The fourth-order valence-corrected chi connectivity index (χ4v) is 1.61. The molecule has 0 bridgehead atoms. The molecule has 0 spiro atoms. The van der Waals surface area contributed by atoms with Crippen LogP contribution in [-0.2, 0) is 9.53 Å². The van der Waals surface area contributed by atoms with E-state index in [0.29, 0.717) is 30.7 Å². The maximum atomic E-state index is 11.6. The summed E-state index contributed by atoms with van der Waals surface area (Å²) < 4.78 is 4.98. The van der Waals surface area contributed by atoms with Gasteiger partial charge in [-0.1, -0.05) is 0 Å². The van der Waals surface area contributed by atoms with Crippen molar-refractivity contribution >= 4 is 11.5 Å². The normalized spacial score (nSPS) is 21.0. The largest absolute Gasteiger partial charge is 0.389 e. The Morgan fingerprint density at radius 2 is 2.29 bits per heavy atom. The fourth-order valence-electron chi connectivity index (χ4n) is 1.61. The van der Waals surface area contributed by atoms with Gasteiger partial charge in [-0.2, -0.15) is 0 Å². The minimum Gasteiger partial charge on any atom is -0.389 e. The number of carbonyl (C=O) groups excluding carboxylic acids is 1. The van der Waals surface area contributed by atoms with Gasteiger partial charge in [0.25, 0.3) is 0 Å². The molecule has 0 amide bonds. The van der Waals surface area contributed by atoms with E-state index in [2.05, 4.69) is 5.32 Å². The topological polar surface area (TPSA) is 62.2 Å². The molecule has 1 fully saturated rings. The Balaban J connectivity index is 2.97. The van der Waals surface area contributed by atoms with Gasteiger partial charge in [-0.05, 0) is 12.8 Å². The zero-order valence-corrected chi connectivity index (χ0v) is 8.64. The second kappa shape index (κ2) is 4.91. The number of methoxy groups -OCH3 is 1. The van der Waals surface area contributed by atoms with Crippen LogP contribution in [0.1, 0.15) is 19.3 Å². The molecular formula is C10H16N2O2. The van der Waals surface area contributed by atoms with Crippen molar-refractivity contribution in [3.05, 3.63) is 11.3 Å². The molecule has 0 unspecified atom stereocenters. The van der Waals surface area contributed by atoms with Crippen molar-refractivity contribution in [2.24, 2.45) is 0 Å². The highest BCUT2D eigenvalue weighted by atomic mass is 16.5. The van der Waals surface area contributed by atoms with Crippen molar-refractivity contribution in [2.45, 2.75) is 19.3 Å². The van der Waals surface area contributed by atoms with E-state index in [9.17, 15) is 4.79 Å². The summed E-state index contributed by atoms with van der Waals surface area (Å²) in [6, 6.07) is 0. The molecule has 14 heavy (non-hydrogen) atoms. The van der Waals surface area contributed by atoms with Gasteiger partial charge < -0.3 is 15.5 Å². The van der Waals surface area contributed by atoms with Crippen molar-refractivity contribution in [2.75, 3.05) is 20.8 Å². The van der Waals surface area contributed by atoms with Crippen LogP contribution in [0.5, 0.6) is 0 Å². The van der Waals surface area contributed by atoms with Crippen molar-refractivity contribution in [1.82, 2.24) is 5.32 Å². The third kappa shape index (κ3) is 2.20. The number of ketones is 1. The molecule has 0 heterocycles. The SMILES string of the molecule is CN/C(COC)=C1\C(=N)CCCC1=O. The Morgan fingerprint density at radius 1 is 1.57 bits per heavy atom. The van der Waals surface area contributed by atoms with Crippen LogP contribution in [0.25, 0.3) is 0 Å². The summed E-state index contributed by atoms with van der Waals surface area (Å²) >= 11 is 0. The quantitative estimate of drug-likeness (QED) is 0.659. The van der Waals surface area contributed by atoms with Crippen LogP contribution >= 0.6 is 0 Å². The highest BCUT2D eigenvalue weighted by Crippen LogP contribution is 2.19. The summed E-state index contributed by atoms with van der Waals surface area (Å²) in [5.41, 5.74) is 1.69. The molecule has 1 aliphatic rings. The van der Waals surface area contributed by atoms with Gasteiger partial charge in [-0.3, -0.25) is 4.79 Å². The molecule has 1 saturated carbocycles. The van der Waals surface area contributed by atoms with E-state index in [-0.39, 0.29) is 5.78 Å². The molecular weight excluding hydrogens is 180 g/mol. The number of nitrogens with one attached hydrogen (secondary N) is 2. The molecule has 0 aromatic carbocycles. The summed E-state index contributed by atoms with van der Waals surface area (Å²) in [7, 11) is 3.32. The van der Waals surface area contributed by atoms with E-state index in [1.165, 1.54) is 0 Å². The van der Waals surface area contributed by atoms with Gasteiger partial charge in [0, 0.05) is 32.0 Å². The van der Waals surface area contributed by atoms with Gasteiger partial charge in [-0.25, -0.2) is 0 Å². The molecule has 1 aliphatic carbocycles. The third-order valence-electron chi connectivity index (χ3n) is 2.30. The lowest BCUT2D eigenvalue weighted by Gasteiger charge is -2.18. The maximum absolute atomic E-state index is 11.6. The molecule has 1 rings (SSSR count). The number of Topliss-reactive ketones (excluding diaryl/α,β-unsaturated/α-hetero) is 1. The number of carbonyl (C=O) groups is 1. The van der Waals surface area contributed by atoms with Gasteiger partial charge in [0.1, 0.15) is 0 Å². The van der Waals surface area contributed by atoms with Crippen molar-refractivity contribution in [1.29, 1.82) is 5.41 Å². The lowest BCUT2D eigenvalue weighted by molar-refractivity contribution is -0.115. The van der Waals surface area contributed by atoms with Gasteiger partial charge in [0.2, 0.25) is 0 Å². The van der Waals surface area contributed by atoms with Gasteiger partial charge in [0.15, 0.2) is 5.78 Å².